The van der Waals surface area contributed by atoms with Crippen LogP contribution in [0.3, 0.4) is 0 Å². The molecule has 1 fully saturated rings. The molecule has 2 unspecified atom stereocenters. The summed E-state index contributed by atoms with van der Waals surface area (Å²) < 4.78 is 42.8. The van der Waals surface area contributed by atoms with Gasteiger partial charge in [-0.05, 0) is 38.6 Å². The zero-order valence-electron chi connectivity index (χ0n) is 18.8. The fourth-order valence-corrected chi connectivity index (χ4v) is 4.82. The van der Waals surface area contributed by atoms with E-state index in [-0.39, 0.29) is 18.4 Å². The second kappa shape index (κ2) is 7.76. The van der Waals surface area contributed by atoms with Gasteiger partial charge in [0.05, 0.1) is 17.1 Å². The summed E-state index contributed by atoms with van der Waals surface area (Å²) in [5.41, 5.74) is 1.54. The van der Waals surface area contributed by atoms with Crippen LogP contribution >= 0.6 is 0 Å². The van der Waals surface area contributed by atoms with Crippen LogP contribution in [-0.2, 0) is 7.05 Å². The molecule has 9 heteroatoms. The first kappa shape index (κ1) is 21.8. The molecule has 1 aliphatic carbocycles. The number of alkyl halides is 3. The molecule has 2 atom stereocenters. The lowest BCUT2D eigenvalue weighted by Crippen LogP contribution is -2.52. The monoisotopic (exact) mass is 457 g/mol. The average molecular weight is 458 g/mol. The van der Waals surface area contributed by atoms with E-state index in [1.54, 1.807) is 10.8 Å². The van der Waals surface area contributed by atoms with Crippen LogP contribution in [0.2, 0.25) is 0 Å². The molecule has 6 nitrogen and oxygen atoms in total. The van der Waals surface area contributed by atoms with E-state index in [1.165, 1.54) is 6.08 Å². The summed E-state index contributed by atoms with van der Waals surface area (Å²) in [6.45, 7) is 4.30. The SMILES string of the molecule is CC1CN(C(=O)c2ccc3c(c2)c2cn(C)nc2n3C2C=CC(C(F)(F)F)=CC2)CCN1C. The van der Waals surface area contributed by atoms with Gasteiger partial charge in [0.25, 0.3) is 5.91 Å². The summed E-state index contributed by atoms with van der Waals surface area (Å²) in [7, 11) is 3.88. The van der Waals surface area contributed by atoms with Crippen molar-refractivity contribution in [2.24, 2.45) is 7.05 Å². The molecule has 3 heterocycles. The summed E-state index contributed by atoms with van der Waals surface area (Å²) in [5, 5.41) is 6.34. The molecule has 0 spiro atoms. The maximum absolute atomic E-state index is 13.2. The number of carbonyl (C=O) groups excluding carboxylic acids is 1. The smallest absolute Gasteiger partial charge is 0.336 e. The van der Waals surface area contributed by atoms with Gasteiger partial charge in [-0.2, -0.15) is 18.3 Å². The third-order valence-electron chi connectivity index (χ3n) is 6.81. The summed E-state index contributed by atoms with van der Waals surface area (Å²) in [6, 6.07) is 5.61. The van der Waals surface area contributed by atoms with Crippen LogP contribution in [-0.4, -0.2) is 69.0 Å². The number of allylic oxidation sites excluding steroid dienone is 4. The van der Waals surface area contributed by atoms with Crippen molar-refractivity contribution >= 4 is 27.8 Å². The van der Waals surface area contributed by atoms with E-state index in [9.17, 15) is 18.0 Å². The summed E-state index contributed by atoms with van der Waals surface area (Å²) >= 11 is 0. The molecule has 5 rings (SSSR count). The van der Waals surface area contributed by atoms with Gasteiger partial charge in [-0.3, -0.25) is 9.48 Å². The molecule has 2 aliphatic rings. The number of benzene rings is 1. The van der Waals surface area contributed by atoms with E-state index < -0.39 is 11.7 Å². The molecule has 1 amide bonds. The minimum atomic E-state index is -4.35. The van der Waals surface area contributed by atoms with Crippen LogP contribution < -0.4 is 0 Å². The molecule has 1 aliphatic heterocycles. The van der Waals surface area contributed by atoms with Crippen molar-refractivity contribution in [3.8, 4) is 0 Å². The number of piperazine rings is 1. The first-order valence-electron chi connectivity index (χ1n) is 11.1. The van der Waals surface area contributed by atoms with Gasteiger partial charge in [0.15, 0.2) is 5.65 Å². The molecule has 33 heavy (non-hydrogen) atoms. The fourth-order valence-electron chi connectivity index (χ4n) is 4.82. The maximum Gasteiger partial charge on any atom is 0.416 e. The van der Waals surface area contributed by atoms with E-state index in [1.807, 2.05) is 40.9 Å². The number of hydrogen-bond acceptors (Lipinski definition) is 3. The highest BCUT2D eigenvalue weighted by atomic mass is 19.4. The lowest BCUT2D eigenvalue weighted by molar-refractivity contribution is -0.0887. The predicted octanol–water partition coefficient (Wildman–Crippen LogP) is 4.29. The number of carbonyl (C=O) groups is 1. The van der Waals surface area contributed by atoms with Gasteiger partial charge in [0.2, 0.25) is 0 Å². The van der Waals surface area contributed by atoms with Crippen molar-refractivity contribution in [3.05, 3.63) is 53.8 Å². The number of rotatable bonds is 2. The van der Waals surface area contributed by atoms with Crippen LogP contribution in [0.15, 0.2) is 48.2 Å². The molecule has 2 aromatic heterocycles. The molecular formula is C24H26F3N5O. The number of amides is 1. The Labute approximate surface area is 189 Å². The van der Waals surface area contributed by atoms with Gasteiger partial charge >= 0.3 is 6.18 Å². The number of halogens is 3. The van der Waals surface area contributed by atoms with Crippen molar-refractivity contribution < 1.29 is 18.0 Å². The Hall–Kier alpha value is -3.07. The lowest BCUT2D eigenvalue weighted by Gasteiger charge is -2.37. The van der Waals surface area contributed by atoms with Crippen LogP contribution in [0.5, 0.6) is 0 Å². The molecule has 0 saturated carbocycles. The Bertz CT molecular complexity index is 1300. The van der Waals surface area contributed by atoms with E-state index >= 15 is 0 Å². The van der Waals surface area contributed by atoms with Gasteiger partial charge in [-0.1, -0.05) is 18.2 Å². The second-order valence-corrected chi connectivity index (χ2v) is 9.04. The number of nitrogens with zero attached hydrogens (tertiary/aromatic N) is 5. The fraction of sp³-hybridized carbons (Fsp3) is 0.417. The number of fused-ring (bicyclic) bond motifs is 3. The molecule has 1 saturated heterocycles. The largest absolute Gasteiger partial charge is 0.416 e. The molecule has 0 bridgehead atoms. The summed E-state index contributed by atoms with van der Waals surface area (Å²) in [4.78, 5) is 17.4. The average Bonchev–Trinajstić information content (AvgIpc) is 3.29. The maximum atomic E-state index is 13.2. The minimum absolute atomic E-state index is 0.00282. The van der Waals surface area contributed by atoms with Crippen molar-refractivity contribution in [1.82, 2.24) is 24.1 Å². The second-order valence-electron chi connectivity index (χ2n) is 9.04. The van der Waals surface area contributed by atoms with Crippen LogP contribution in [0, 0.1) is 0 Å². The van der Waals surface area contributed by atoms with E-state index in [4.69, 9.17) is 0 Å². The Balaban J connectivity index is 1.53. The van der Waals surface area contributed by atoms with Crippen LogP contribution in [0.1, 0.15) is 29.7 Å². The topological polar surface area (TPSA) is 46.3 Å². The molecule has 0 radical (unpaired) electrons. The minimum Gasteiger partial charge on any atom is -0.336 e. The highest BCUT2D eigenvalue weighted by molar-refractivity contribution is 6.09. The van der Waals surface area contributed by atoms with Gasteiger partial charge < -0.3 is 14.4 Å². The first-order valence-corrected chi connectivity index (χ1v) is 11.1. The summed E-state index contributed by atoms with van der Waals surface area (Å²) in [5.74, 6) is -0.00282. The zero-order valence-corrected chi connectivity index (χ0v) is 18.8. The Kier molecular flexibility index (Phi) is 5.12. The zero-order chi connectivity index (χ0) is 23.5. The molecule has 1 aromatic carbocycles. The third-order valence-corrected chi connectivity index (χ3v) is 6.81. The van der Waals surface area contributed by atoms with Crippen molar-refractivity contribution in [1.29, 1.82) is 0 Å². The molecule has 3 aromatic rings. The van der Waals surface area contributed by atoms with Gasteiger partial charge in [0.1, 0.15) is 0 Å². The molecular weight excluding hydrogens is 431 g/mol. The van der Waals surface area contributed by atoms with Crippen molar-refractivity contribution in [3.63, 3.8) is 0 Å². The van der Waals surface area contributed by atoms with E-state index in [0.29, 0.717) is 30.3 Å². The standard InChI is InChI=1S/C24H26F3N5O/c1-15-13-31(11-10-29(15)2)23(33)16-4-9-21-19(12-16)20-14-30(3)28-22(20)32(21)18-7-5-17(6-8-18)24(25,26)27/h4-7,9,12,14-15,18H,8,10-11,13H2,1-3H3. The number of aryl methyl sites for hydroxylation is 1. The normalized spacial score (nSPS) is 22.4. The van der Waals surface area contributed by atoms with Crippen LogP contribution in [0.4, 0.5) is 13.2 Å². The highest BCUT2D eigenvalue weighted by Gasteiger charge is 2.34. The van der Waals surface area contributed by atoms with Crippen molar-refractivity contribution in [2.45, 2.75) is 31.6 Å². The summed E-state index contributed by atoms with van der Waals surface area (Å²) in [6.07, 6.45) is 1.72. The number of hydrogen-bond donors (Lipinski definition) is 0. The Morgan fingerprint density at radius 3 is 2.61 bits per heavy atom. The predicted molar refractivity (Wildman–Crippen MR) is 121 cm³/mol. The van der Waals surface area contributed by atoms with E-state index in [2.05, 4.69) is 24.0 Å². The van der Waals surface area contributed by atoms with Gasteiger partial charge in [0, 0.05) is 55.3 Å². The Morgan fingerprint density at radius 1 is 1.15 bits per heavy atom. The third kappa shape index (κ3) is 3.74. The van der Waals surface area contributed by atoms with Crippen LogP contribution in [0.25, 0.3) is 21.9 Å². The Morgan fingerprint density at radius 2 is 1.94 bits per heavy atom. The van der Waals surface area contributed by atoms with Gasteiger partial charge in [-0.25, -0.2) is 0 Å². The first-order chi connectivity index (χ1) is 15.6. The quantitative estimate of drug-likeness (QED) is 0.577. The van der Waals surface area contributed by atoms with Gasteiger partial charge in [-0.15, -0.1) is 0 Å². The highest BCUT2D eigenvalue weighted by Crippen LogP contribution is 2.37. The molecule has 174 valence electrons. The van der Waals surface area contributed by atoms with Crippen molar-refractivity contribution in [2.75, 3.05) is 26.7 Å². The number of aromatic nitrogens is 3. The number of likely N-dealkylation sites (N-methyl/N-ethyl adjacent to an activating group) is 1. The molecule has 0 N–H and O–H groups in total. The lowest BCUT2D eigenvalue weighted by atomic mass is 10.0. The van der Waals surface area contributed by atoms with E-state index in [0.717, 1.165) is 28.9 Å².